The molecule has 0 amide bonds. The van der Waals surface area contributed by atoms with Gasteiger partial charge in [-0.25, -0.2) is 0 Å². The van der Waals surface area contributed by atoms with Gasteiger partial charge in [-0.15, -0.1) is 0 Å². The number of aliphatic hydroxyl groups is 6. The van der Waals surface area contributed by atoms with Gasteiger partial charge >= 0.3 is 0 Å². The van der Waals surface area contributed by atoms with E-state index in [0.29, 0.717) is 25.7 Å². The molecule has 2 aliphatic carbocycles. The third-order valence-electron chi connectivity index (χ3n) is 6.24. The van der Waals surface area contributed by atoms with Gasteiger partial charge in [0.05, 0.1) is 5.54 Å². The average Bonchev–Trinajstić information content (AvgIpc) is 3.19. The van der Waals surface area contributed by atoms with Crippen LogP contribution in [0.4, 0.5) is 0 Å². The van der Waals surface area contributed by atoms with Crippen molar-refractivity contribution in [2.45, 2.75) is 76.0 Å². The Hall–Kier alpha value is -0.280. The van der Waals surface area contributed by atoms with E-state index in [0.717, 1.165) is 4.90 Å². The minimum absolute atomic E-state index is 0.137. The van der Waals surface area contributed by atoms with E-state index in [9.17, 15) is 30.6 Å². The third kappa shape index (κ3) is 1.81. The minimum atomic E-state index is -2.50. The molecule has 0 bridgehead atoms. The van der Waals surface area contributed by atoms with E-state index in [-0.39, 0.29) is 6.42 Å². The maximum absolute atomic E-state index is 10.8. The van der Waals surface area contributed by atoms with Crippen molar-refractivity contribution >= 4 is 0 Å². The van der Waals surface area contributed by atoms with Crippen LogP contribution in [0.5, 0.6) is 0 Å². The van der Waals surface area contributed by atoms with Crippen LogP contribution in [0.1, 0.15) is 52.9 Å². The lowest BCUT2D eigenvalue weighted by Crippen LogP contribution is -2.75. The maximum Gasteiger partial charge on any atom is 0.232 e. The molecule has 0 aromatic rings. The van der Waals surface area contributed by atoms with Crippen LogP contribution in [-0.4, -0.2) is 58.7 Å². The molecule has 2 saturated carbocycles. The molecule has 7 nitrogen and oxygen atoms in total. The van der Waals surface area contributed by atoms with Gasteiger partial charge in [0.25, 0.3) is 0 Å². The van der Waals surface area contributed by atoms with Crippen molar-refractivity contribution < 1.29 is 30.6 Å². The highest BCUT2D eigenvalue weighted by Crippen LogP contribution is 2.71. The van der Waals surface area contributed by atoms with Gasteiger partial charge in [-0.05, 0) is 32.6 Å². The van der Waals surface area contributed by atoms with Crippen LogP contribution < -0.4 is 0 Å². The molecule has 22 heavy (non-hydrogen) atoms. The van der Waals surface area contributed by atoms with Crippen LogP contribution in [-0.2, 0) is 0 Å². The standard InChI is InChI=1S/C15H27NO6/c1-9(2)14(19,20)11(3)12(6-7-12)8-13(17,18)16(11)15(21,22)10-4-5-10/h9-10,17-22H,4-8H2,1-3H3/t11-/m1/s1. The van der Waals surface area contributed by atoms with Crippen molar-refractivity contribution in [3.8, 4) is 0 Å². The monoisotopic (exact) mass is 317 g/mol. The Morgan fingerprint density at radius 3 is 1.91 bits per heavy atom. The number of nitrogens with zero attached hydrogens (tertiary/aromatic N) is 1. The quantitative estimate of drug-likeness (QED) is 0.377. The number of hydrogen-bond donors (Lipinski definition) is 6. The highest BCUT2D eigenvalue weighted by Gasteiger charge is 2.81. The van der Waals surface area contributed by atoms with Crippen molar-refractivity contribution in [3.05, 3.63) is 0 Å². The van der Waals surface area contributed by atoms with E-state index >= 15 is 0 Å². The molecule has 6 N–H and O–H groups in total. The molecule has 1 spiro atoms. The predicted molar refractivity (Wildman–Crippen MR) is 75.6 cm³/mol. The largest absolute Gasteiger partial charge is 0.364 e. The van der Waals surface area contributed by atoms with Gasteiger partial charge in [-0.3, -0.25) is 0 Å². The Bertz CT molecular complexity index is 480. The second-order valence-electron chi connectivity index (χ2n) is 7.98. The Balaban J connectivity index is 2.15. The SMILES string of the molecule is CC(C)C(O)(O)[C@]1(C)N(C(O)(O)C2CC2)C(O)(O)CC12CC2. The summed E-state index contributed by atoms with van der Waals surface area (Å²) in [5.74, 6) is -8.44. The fourth-order valence-corrected chi connectivity index (χ4v) is 4.48. The minimum Gasteiger partial charge on any atom is -0.364 e. The summed E-state index contributed by atoms with van der Waals surface area (Å²) in [6.45, 7) is 4.72. The fourth-order valence-electron chi connectivity index (χ4n) is 4.48. The van der Waals surface area contributed by atoms with E-state index < -0.39 is 40.4 Å². The Kier molecular flexibility index (Phi) is 3.18. The molecule has 3 fully saturated rings. The van der Waals surface area contributed by atoms with Crippen molar-refractivity contribution in [1.82, 2.24) is 4.90 Å². The highest BCUT2D eigenvalue weighted by molar-refractivity contribution is 5.25. The normalized spacial score (nSPS) is 34.6. The van der Waals surface area contributed by atoms with Gasteiger partial charge in [0.2, 0.25) is 11.8 Å². The van der Waals surface area contributed by atoms with Crippen molar-refractivity contribution in [1.29, 1.82) is 0 Å². The van der Waals surface area contributed by atoms with Gasteiger partial charge in [-0.2, -0.15) is 4.90 Å². The summed E-state index contributed by atoms with van der Waals surface area (Å²) in [6, 6.07) is 0. The Morgan fingerprint density at radius 1 is 1.05 bits per heavy atom. The predicted octanol–water partition coefficient (Wildman–Crippen LogP) is -0.745. The smallest absolute Gasteiger partial charge is 0.232 e. The van der Waals surface area contributed by atoms with Gasteiger partial charge in [0.15, 0.2) is 5.79 Å². The molecule has 128 valence electrons. The Labute approximate surface area is 129 Å². The summed E-state index contributed by atoms with van der Waals surface area (Å²) in [6.07, 6.45) is 2.13. The molecule has 0 aromatic heterocycles. The molecular weight excluding hydrogens is 290 g/mol. The molecule has 1 saturated heterocycles. The third-order valence-corrected chi connectivity index (χ3v) is 6.24. The lowest BCUT2D eigenvalue weighted by Gasteiger charge is -2.54. The molecule has 1 heterocycles. The summed E-state index contributed by atoms with van der Waals surface area (Å²) in [5.41, 5.74) is -2.33. The van der Waals surface area contributed by atoms with Crippen LogP contribution in [0.2, 0.25) is 0 Å². The van der Waals surface area contributed by atoms with Crippen molar-refractivity contribution in [2.24, 2.45) is 17.3 Å². The first-order valence-electron chi connectivity index (χ1n) is 7.98. The topological polar surface area (TPSA) is 125 Å². The summed E-state index contributed by atoms with van der Waals surface area (Å²) in [5, 5.41) is 63.6. The molecule has 1 atom stereocenters. The van der Waals surface area contributed by atoms with E-state index in [1.54, 1.807) is 13.8 Å². The van der Waals surface area contributed by atoms with Crippen LogP contribution >= 0.6 is 0 Å². The zero-order chi connectivity index (χ0) is 16.8. The van der Waals surface area contributed by atoms with Gasteiger partial charge in [0.1, 0.15) is 0 Å². The van der Waals surface area contributed by atoms with E-state index in [2.05, 4.69) is 0 Å². The van der Waals surface area contributed by atoms with E-state index in [1.165, 1.54) is 6.92 Å². The lowest BCUT2D eigenvalue weighted by atomic mass is 9.71. The molecule has 0 radical (unpaired) electrons. The number of likely N-dealkylation sites (tertiary alicyclic amines) is 1. The van der Waals surface area contributed by atoms with Crippen LogP contribution in [0.25, 0.3) is 0 Å². The molecule has 1 aliphatic heterocycles. The lowest BCUT2D eigenvalue weighted by molar-refractivity contribution is -0.426. The van der Waals surface area contributed by atoms with Gasteiger partial charge < -0.3 is 30.6 Å². The van der Waals surface area contributed by atoms with E-state index in [4.69, 9.17) is 0 Å². The Morgan fingerprint density at radius 2 is 1.55 bits per heavy atom. The van der Waals surface area contributed by atoms with Crippen LogP contribution in [0, 0.1) is 17.3 Å². The first kappa shape index (κ1) is 16.6. The number of rotatable bonds is 4. The molecular formula is C15H27NO6. The second-order valence-corrected chi connectivity index (χ2v) is 7.98. The first-order chi connectivity index (χ1) is 9.83. The van der Waals surface area contributed by atoms with Crippen molar-refractivity contribution in [3.63, 3.8) is 0 Å². The molecule has 3 aliphatic rings. The molecule has 3 rings (SSSR count). The van der Waals surface area contributed by atoms with Crippen LogP contribution in [0.3, 0.4) is 0 Å². The second kappa shape index (κ2) is 4.22. The molecule has 0 unspecified atom stereocenters. The zero-order valence-electron chi connectivity index (χ0n) is 13.3. The summed E-state index contributed by atoms with van der Waals surface area (Å²) in [7, 11) is 0. The van der Waals surface area contributed by atoms with E-state index in [1.807, 2.05) is 0 Å². The first-order valence-corrected chi connectivity index (χ1v) is 7.98. The average molecular weight is 317 g/mol. The van der Waals surface area contributed by atoms with Crippen LogP contribution in [0.15, 0.2) is 0 Å². The number of hydrogen-bond acceptors (Lipinski definition) is 7. The fraction of sp³-hybridized carbons (Fsp3) is 1.00. The van der Waals surface area contributed by atoms with Crippen molar-refractivity contribution in [2.75, 3.05) is 0 Å². The highest BCUT2D eigenvalue weighted by atomic mass is 16.6. The van der Waals surface area contributed by atoms with Gasteiger partial charge in [0, 0.05) is 23.7 Å². The summed E-state index contributed by atoms with van der Waals surface area (Å²) in [4.78, 5) is 0.748. The summed E-state index contributed by atoms with van der Waals surface area (Å²) < 4.78 is 0. The summed E-state index contributed by atoms with van der Waals surface area (Å²) >= 11 is 0. The molecule has 0 aromatic carbocycles. The molecule has 7 heteroatoms. The zero-order valence-corrected chi connectivity index (χ0v) is 13.3. The van der Waals surface area contributed by atoms with Gasteiger partial charge in [-0.1, -0.05) is 13.8 Å². The maximum atomic E-state index is 10.8.